The summed E-state index contributed by atoms with van der Waals surface area (Å²) in [4.78, 5) is 23.4. The normalized spacial score (nSPS) is 13.7. The van der Waals surface area contributed by atoms with Gasteiger partial charge in [-0.1, -0.05) is 11.6 Å². The molecule has 1 aromatic carbocycles. The van der Waals surface area contributed by atoms with Crippen LogP contribution < -0.4 is 4.74 Å². The number of ether oxygens (including phenoxy) is 3. The molecule has 0 fully saturated rings. The maximum Gasteiger partial charge on any atom is 0.344 e. The van der Waals surface area contributed by atoms with Crippen LogP contribution in [0, 0.1) is 6.85 Å². The third-order valence-corrected chi connectivity index (χ3v) is 2.15. The zero-order valence-electron chi connectivity index (χ0n) is 15.0. The van der Waals surface area contributed by atoms with E-state index in [1.807, 2.05) is 0 Å². The molecular weight excluding hydrogens is 260 g/mol. The Bertz CT molecular complexity index is 588. The van der Waals surface area contributed by atoms with Crippen LogP contribution >= 0.6 is 0 Å². The molecule has 5 nitrogen and oxygen atoms in total. The number of carbonyl (C=O) groups excluding carboxylic acids is 2. The molecule has 0 aliphatic carbocycles. The maximum absolute atomic E-state index is 11.8. The van der Waals surface area contributed by atoms with E-state index in [0.717, 1.165) is 0 Å². The Morgan fingerprint density at radius 1 is 1.30 bits per heavy atom. The van der Waals surface area contributed by atoms with Gasteiger partial charge < -0.3 is 14.2 Å². The van der Waals surface area contributed by atoms with Crippen LogP contribution in [0.15, 0.2) is 18.2 Å². The summed E-state index contributed by atoms with van der Waals surface area (Å²) in [6.07, 6.45) is 0. The molecule has 0 bridgehead atoms. The summed E-state index contributed by atoms with van der Waals surface area (Å²) in [6.45, 7) is 2.38. The van der Waals surface area contributed by atoms with Crippen molar-refractivity contribution in [2.75, 3.05) is 13.7 Å². The number of carbonyl (C=O) groups is 2. The van der Waals surface area contributed by atoms with Gasteiger partial charge in [0.25, 0.3) is 0 Å². The average Bonchev–Trinajstić information content (AvgIpc) is 2.41. The largest absolute Gasteiger partial charge is 0.481 e. The van der Waals surface area contributed by atoms with Gasteiger partial charge in [0.1, 0.15) is 16.9 Å². The molecule has 0 aliphatic heterocycles. The molecule has 0 unspecified atom stereocenters. The van der Waals surface area contributed by atoms with E-state index in [2.05, 4.69) is 4.74 Å². The monoisotopic (exact) mass is 283 g/mol. The molecule has 20 heavy (non-hydrogen) atoms. The Hall–Kier alpha value is -2.04. The van der Waals surface area contributed by atoms with Gasteiger partial charge in [-0.15, -0.1) is 0 Å². The van der Waals surface area contributed by atoms with Crippen molar-refractivity contribution >= 4 is 11.9 Å². The third-order valence-electron chi connectivity index (χ3n) is 2.15. The van der Waals surface area contributed by atoms with E-state index in [1.54, 1.807) is 20.8 Å². The predicted octanol–water partition coefficient (Wildman–Crippen LogP) is 2.50. The van der Waals surface area contributed by atoms with E-state index in [1.165, 1.54) is 25.3 Å². The Labute approximate surface area is 123 Å². The highest BCUT2D eigenvalue weighted by molar-refractivity contribution is 5.92. The van der Waals surface area contributed by atoms with E-state index >= 15 is 0 Å². The van der Waals surface area contributed by atoms with Crippen molar-refractivity contribution < 1.29 is 27.9 Å². The first kappa shape index (κ1) is 11.8. The van der Waals surface area contributed by atoms with Gasteiger partial charge in [0.05, 0.1) is 7.11 Å². The summed E-state index contributed by atoms with van der Waals surface area (Å²) < 4.78 is 37.1. The number of hydrogen-bond donors (Lipinski definition) is 0. The summed E-state index contributed by atoms with van der Waals surface area (Å²) in [5.74, 6) is -1.31. The summed E-state index contributed by atoms with van der Waals surface area (Å²) in [6, 6.07) is 3.80. The molecule has 5 heteroatoms. The van der Waals surface area contributed by atoms with Gasteiger partial charge in [0, 0.05) is 4.11 Å². The van der Waals surface area contributed by atoms with Crippen LogP contribution in [0.3, 0.4) is 0 Å². The Morgan fingerprint density at radius 3 is 2.55 bits per heavy atom. The van der Waals surface area contributed by atoms with E-state index < -0.39 is 31.0 Å². The molecule has 1 aromatic rings. The van der Waals surface area contributed by atoms with E-state index in [9.17, 15) is 9.59 Å². The van der Waals surface area contributed by atoms with Crippen molar-refractivity contribution in [2.45, 2.75) is 33.2 Å². The van der Waals surface area contributed by atoms with Gasteiger partial charge in [-0.3, -0.25) is 0 Å². The Morgan fingerprint density at radius 2 is 2.00 bits per heavy atom. The lowest BCUT2D eigenvalue weighted by molar-refractivity contribution is -0.157. The minimum Gasteiger partial charge on any atom is -0.481 e. The number of methoxy groups -OCH3 is 1. The van der Waals surface area contributed by atoms with E-state index in [4.69, 9.17) is 13.6 Å². The second-order valence-corrected chi connectivity index (χ2v) is 5.08. The average molecular weight is 283 g/mol. The predicted molar refractivity (Wildman–Crippen MR) is 73.9 cm³/mol. The second-order valence-electron chi connectivity index (χ2n) is 5.08. The highest BCUT2D eigenvalue weighted by Crippen LogP contribution is 2.21. The third kappa shape index (κ3) is 4.91. The van der Waals surface area contributed by atoms with Crippen LogP contribution in [-0.2, 0) is 14.3 Å². The summed E-state index contributed by atoms with van der Waals surface area (Å²) >= 11 is 0. The number of hydrogen-bond acceptors (Lipinski definition) is 5. The topological polar surface area (TPSA) is 61.8 Å². The van der Waals surface area contributed by atoms with Crippen molar-refractivity contribution in [1.82, 2.24) is 0 Å². The molecule has 0 radical (unpaired) electrons. The summed E-state index contributed by atoms with van der Waals surface area (Å²) in [5, 5.41) is 0. The lowest BCUT2D eigenvalue weighted by atomic mass is 10.1. The maximum atomic E-state index is 11.8. The number of benzene rings is 1. The number of esters is 2. The smallest absolute Gasteiger partial charge is 0.344 e. The Kier molecular flexibility index (Phi) is 3.77. The van der Waals surface area contributed by atoms with Crippen LogP contribution in [0.2, 0.25) is 0 Å². The molecule has 0 spiro atoms. The van der Waals surface area contributed by atoms with Gasteiger partial charge in [-0.2, -0.15) is 0 Å². The van der Waals surface area contributed by atoms with Gasteiger partial charge in [-0.05, 0) is 39.8 Å². The first-order valence-electron chi connectivity index (χ1n) is 7.51. The quantitative estimate of drug-likeness (QED) is 0.794. The van der Waals surface area contributed by atoms with Crippen LogP contribution in [0.5, 0.6) is 5.75 Å². The standard InChI is InChI=1S/C15H20O5/c1-10-6-7-12(11(8-10)14(17)18-5)19-9-13(16)20-15(2,3)4/h6-8H,9H2,1-5H3/i1D3. The highest BCUT2D eigenvalue weighted by Gasteiger charge is 2.18. The van der Waals surface area contributed by atoms with Gasteiger partial charge in [0.15, 0.2) is 6.61 Å². The van der Waals surface area contributed by atoms with Crippen molar-refractivity contribution in [3.05, 3.63) is 29.3 Å². The summed E-state index contributed by atoms with van der Waals surface area (Å²) in [7, 11) is 1.17. The van der Waals surface area contributed by atoms with Crippen LogP contribution in [0.1, 0.15) is 40.8 Å². The molecular formula is C15H20O5. The lowest BCUT2D eigenvalue weighted by Gasteiger charge is -2.19. The molecule has 0 aliphatic rings. The molecule has 0 aromatic heterocycles. The minimum atomic E-state index is -2.37. The van der Waals surface area contributed by atoms with Crippen LogP contribution in [0.25, 0.3) is 0 Å². The number of rotatable bonds is 4. The fourth-order valence-electron chi connectivity index (χ4n) is 1.43. The van der Waals surface area contributed by atoms with Crippen LogP contribution in [0.4, 0.5) is 0 Å². The molecule has 1 rings (SSSR count). The molecule has 0 heterocycles. The van der Waals surface area contributed by atoms with Gasteiger partial charge in [-0.25, -0.2) is 9.59 Å². The highest BCUT2D eigenvalue weighted by atomic mass is 16.6. The van der Waals surface area contributed by atoms with E-state index in [-0.39, 0.29) is 16.9 Å². The minimum absolute atomic E-state index is 0.0254. The molecule has 0 saturated heterocycles. The van der Waals surface area contributed by atoms with Crippen molar-refractivity contribution in [3.63, 3.8) is 0 Å². The first-order chi connectivity index (χ1) is 10.4. The first-order valence-corrected chi connectivity index (χ1v) is 6.01. The molecule has 0 atom stereocenters. The van der Waals surface area contributed by atoms with E-state index in [0.29, 0.717) is 0 Å². The fourth-order valence-corrected chi connectivity index (χ4v) is 1.43. The molecule has 0 saturated carbocycles. The molecule has 0 amide bonds. The Balaban J connectivity index is 2.98. The molecule has 0 N–H and O–H groups in total. The number of aryl methyl sites for hydroxylation is 1. The fraction of sp³-hybridized carbons (Fsp3) is 0.467. The second kappa shape index (κ2) is 6.41. The zero-order chi connectivity index (χ0) is 17.8. The van der Waals surface area contributed by atoms with Gasteiger partial charge in [0.2, 0.25) is 0 Å². The van der Waals surface area contributed by atoms with Crippen molar-refractivity contribution in [2.24, 2.45) is 0 Å². The van der Waals surface area contributed by atoms with Gasteiger partial charge >= 0.3 is 11.9 Å². The zero-order valence-corrected chi connectivity index (χ0v) is 12.0. The van der Waals surface area contributed by atoms with Crippen LogP contribution in [-0.4, -0.2) is 31.3 Å². The lowest BCUT2D eigenvalue weighted by Crippen LogP contribution is -2.27. The van der Waals surface area contributed by atoms with Crippen molar-refractivity contribution in [3.8, 4) is 5.75 Å². The summed E-state index contributed by atoms with van der Waals surface area (Å²) in [5.41, 5.74) is -0.747. The van der Waals surface area contributed by atoms with Crippen molar-refractivity contribution in [1.29, 1.82) is 0 Å². The SMILES string of the molecule is [2H]C([2H])([2H])c1ccc(OCC(=O)OC(C)(C)C)c(C(=O)OC)c1. The molecule has 110 valence electrons.